The van der Waals surface area contributed by atoms with Crippen LogP contribution in [-0.2, 0) is 13.6 Å². The predicted molar refractivity (Wildman–Crippen MR) is 82.7 cm³/mol. The summed E-state index contributed by atoms with van der Waals surface area (Å²) in [5.74, 6) is 1.50. The smallest absolute Gasteiger partial charge is 0.161 e. The number of nitrogens with zero attached hydrogens (tertiary/aromatic N) is 2. The molecule has 1 N–H and O–H groups in total. The van der Waals surface area contributed by atoms with Gasteiger partial charge in [-0.3, -0.25) is 4.68 Å². The van der Waals surface area contributed by atoms with Crippen LogP contribution in [0.2, 0.25) is 0 Å². The van der Waals surface area contributed by atoms with Gasteiger partial charge >= 0.3 is 0 Å². The van der Waals surface area contributed by atoms with E-state index >= 15 is 0 Å². The van der Waals surface area contributed by atoms with E-state index < -0.39 is 0 Å². The van der Waals surface area contributed by atoms with Gasteiger partial charge in [-0.15, -0.1) is 0 Å². The first-order valence-corrected chi connectivity index (χ1v) is 6.99. The Morgan fingerprint density at radius 3 is 2.52 bits per heavy atom. The summed E-state index contributed by atoms with van der Waals surface area (Å²) in [5.41, 5.74) is 3.56. The summed E-state index contributed by atoms with van der Waals surface area (Å²) in [5, 5.41) is 7.79. The summed E-state index contributed by atoms with van der Waals surface area (Å²) >= 11 is 0. The third-order valence-corrected chi connectivity index (χ3v) is 3.80. The van der Waals surface area contributed by atoms with Gasteiger partial charge < -0.3 is 14.8 Å². The molecule has 2 aromatic rings. The lowest BCUT2D eigenvalue weighted by atomic mass is 10.1. The van der Waals surface area contributed by atoms with E-state index in [1.54, 1.807) is 14.2 Å². The molecule has 1 unspecified atom stereocenters. The minimum atomic E-state index is 0.242. The van der Waals surface area contributed by atoms with Gasteiger partial charge in [-0.05, 0) is 31.5 Å². The van der Waals surface area contributed by atoms with Gasteiger partial charge in [0.25, 0.3) is 0 Å². The molecule has 0 spiro atoms. The average Bonchev–Trinajstić information content (AvgIpc) is 2.84. The van der Waals surface area contributed by atoms with Crippen LogP contribution in [0, 0.1) is 6.92 Å². The van der Waals surface area contributed by atoms with E-state index in [1.165, 1.54) is 11.3 Å². The lowest BCUT2D eigenvalue weighted by Crippen LogP contribution is -2.18. The summed E-state index contributed by atoms with van der Waals surface area (Å²) in [6.07, 6.45) is 1.92. The van der Waals surface area contributed by atoms with Gasteiger partial charge in [0.2, 0.25) is 0 Å². The maximum atomic E-state index is 5.32. The van der Waals surface area contributed by atoms with Gasteiger partial charge in [0, 0.05) is 30.9 Å². The highest BCUT2D eigenvalue weighted by Gasteiger charge is 2.12. The van der Waals surface area contributed by atoms with Gasteiger partial charge in [0.1, 0.15) is 0 Å². The van der Waals surface area contributed by atoms with Crippen molar-refractivity contribution in [2.45, 2.75) is 26.4 Å². The molecule has 1 heterocycles. The number of methoxy groups -OCH3 is 2. The van der Waals surface area contributed by atoms with Crippen molar-refractivity contribution < 1.29 is 9.47 Å². The molecule has 0 bridgehead atoms. The third kappa shape index (κ3) is 3.36. The SMILES string of the molecule is COc1ccc(CNC(C)c2cnn(C)c2C)cc1OC. The first-order chi connectivity index (χ1) is 10.1. The van der Waals surface area contributed by atoms with Crippen LogP contribution in [-0.4, -0.2) is 24.0 Å². The number of ether oxygens (including phenoxy) is 2. The second-order valence-corrected chi connectivity index (χ2v) is 5.10. The Hall–Kier alpha value is -2.01. The Labute approximate surface area is 125 Å². The maximum absolute atomic E-state index is 5.32. The van der Waals surface area contributed by atoms with Gasteiger partial charge in [0.15, 0.2) is 11.5 Å². The van der Waals surface area contributed by atoms with Crippen molar-refractivity contribution in [2.24, 2.45) is 7.05 Å². The Kier molecular flexibility index (Phi) is 4.85. The zero-order valence-electron chi connectivity index (χ0n) is 13.3. The van der Waals surface area contributed by atoms with Crippen LogP contribution in [0.3, 0.4) is 0 Å². The standard InChI is InChI=1S/C16H23N3O2/c1-11(14-10-18-19(3)12(14)2)17-9-13-6-7-15(20-4)16(8-13)21-5/h6-8,10-11,17H,9H2,1-5H3. The highest BCUT2D eigenvalue weighted by molar-refractivity contribution is 5.42. The van der Waals surface area contributed by atoms with Crippen LogP contribution >= 0.6 is 0 Å². The van der Waals surface area contributed by atoms with Crippen molar-refractivity contribution in [3.8, 4) is 11.5 Å². The molecule has 1 atom stereocenters. The van der Waals surface area contributed by atoms with E-state index in [4.69, 9.17) is 9.47 Å². The van der Waals surface area contributed by atoms with Crippen LogP contribution in [0.15, 0.2) is 24.4 Å². The van der Waals surface area contributed by atoms with E-state index in [0.29, 0.717) is 0 Å². The largest absolute Gasteiger partial charge is 0.493 e. The van der Waals surface area contributed by atoms with E-state index in [0.717, 1.165) is 23.6 Å². The van der Waals surface area contributed by atoms with Crippen molar-refractivity contribution in [3.05, 3.63) is 41.2 Å². The van der Waals surface area contributed by atoms with E-state index in [-0.39, 0.29) is 6.04 Å². The maximum Gasteiger partial charge on any atom is 0.161 e. The minimum Gasteiger partial charge on any atom is -0.493 e. The number of benzene rings is 1. The molecule has 0 aliphatic rings. The first-order valence-electron chi connectivity index (χ1n) is 6.99. The van der Waals surface area contributed by atoms with Gasteiger partial charge in [-0.25, -0.2) is 0 Å². The summed E-state index contributed by atoms with van der Waals surface area (Å²) in [4.78, 5) is 0. The molecule has 5 nitrogen and oxygen atoms in total. The molecular formula is C16H23N3O2. The second kappa shape index (κ2) is 6.63. The molecule has 114 valence electrons. The van der Waals surface area contributed by atoms with Crippen LogP contribution in [0.5, 0.6) is 11.5 Å². The Morgan fingerprint density at radius 2 is 1.95 bits per heavy atom. The molecule has 0 aliphatic heterocycles. The summed E-state index contributed by atoms with van der Waals surface area (Å²) in [7, 11) is 5.25. The number of aromatic nitrogens is 2. The van der Waals surface area contributed by atoms with Crippen LogP contribution in [0.1, 0.15) is 29.8 Å². The molecule has 0 amide bonds. The summed E-state index contributed by atoms with van der Waals surface area (Å²) in [6, 6.07) is 6.20. The molecule has 1 aromatic carbocycles. The number of aryl methyl sites for hydroxylation is 1. The first kappa shape index (κ1) is 15.4. The lowest BCUT2D eigenvalue weighted by Gasteiger charge is -2.15. The van der Waals surface area contributed by atoms with Crippen molar-refractivity contribution in [1.82, 2.24) is 15.1 Å². The average molecular weight is 289 g/mol. The van der Waals surface area contributed by atoms with Crippen molar-refractivity contribution in [2.75, 3.05) is 14.2 Å². The fourth-order valence-corrected chi connectivity index (χ4v) is 2.31. The highest BCUT2D eigenvalue weighted by atomic mass is 16.5. The monoisotopic (exact) mass is 289 g/mol. The summed E-state index contributed by atoms with van der Waals surface area (Å²) < 4.78 is 12.5. The molecular weight excluding hydrogens is 266 g/mol. The molecule has 0 radical (unpaired) electrons. The summed E-state index contributed by atoms with van der Waals surface area (Å²) in [6.45, 7) is 4.98. The van der Waals surface area contributed by atoms with Crippen LogP contribution in [0.4, 0.5) is 0 Å². The van der Waals surface area contributed by atoms with Crippen molar-refractivity contribution in [3.63, 3.8) is 0 Å². The van der Waals surface area contributed by atoms with Gasteiger partial charge in [-0.2, -0.15) is 5.10 Å². The zero-order chi connectivity index (χ0) is 15.4. The molecule has 0 saturated carbocycles. The molecule has 0 saturated heterocycles. The van der Waals surface area contributed by atoms with Crippen LogP contribution < -0.4 is 14.8 Å². The fraction of sp³-hybridized carbons (Fsp3) is 0.438. The van der Waals surface area contributed by atoms with E-state index in [2.05, 4.69) is 24.3 Å². The Morgan fingerprint density at radius 1 is 1.24 bits per heavy atom. The van der Waals surface area contributed by atoms with Crippen molar-refractivity contribution >= 4 is 0 Å². The Bertz CT molecular complexity index is 608. The Balaban J connectivity index is 2.04. The number of nitrogens with one attached hydrogen (secondary N) is 1. The topological polar surface area (TPSA) is 48.3 Å². The molecule has 0 aliphatic carbocycles. The van der Waals surface area contributed by atoms with Gasteiger partial charge in [0.05, 0.1) is 20.4 Å². The van der Waals surface area contributed by atoms with E-state index in [1.807, 2.05) is 36.1 Å². The van der Waals surface area contributed by atoms with E-state index in [9.17, 15) is 0 Å². The second-order valence-electron chi connectivity index (χ2n) is 5.10. The minimum absolute atomic E-state index is 0.242. The normalized spacial score (nSPS) is 12.2. The number of hydrogen-bond acceptors (Lipinski definition) is 4. The number of hydrogen-bond donors (Lipinski definition) is 1. The molecule has 21 heavy (non-hydrogen) atoms. The molecule has 5 heteroatoms. The molecule has 0 fully saturated rings. The highest BCUT2D eigenvalue weighted by Crippen LogP contribution is 2.27. The fourth-order valence-electron chi connectivity index (χ4n) is 2.31. The number of rotatable bonds is 6. The zero-order valence-corrected chi connectivity index (χ0v) is 13.3. The lowest BCUT2D eigenvalue weighted by molar-refractivity contribution is 0.354. The van der Waals surface area contributed by atoms with Crippen molar-refractivity contribution in [1.29, 1.82) is 0 Å². The van der Waals surface area contributed by atoms with Gasteiger partial charge in [-0.1, -0.05) is 6.07 Å². The molecule has 2 rings (SSSR count). The predicted octanol–water partition coefficient (Wildman–Crippen LogP) is 2.60. The molecule has 1 aromatic heterocycles. The quantitative estimate of drug-likeness (QED) is 0.888. The van der Waals surface area contributed by atoms with Crippen LogP contribution in [0.25, 0.3) is 0 Å². The third-order valence-electron chi connectivity index (χ3n) is 3.80.